The van der Waals surface area contributed by atoms with Gasteiger partial charge < -0.3 is 14.2 Å². The molecule has 3 aromatic rings. The molecule has 8 heteroatoms. The van der Waals surface area contributed by atoms with E-state index in [0.717, 1.165) is 10.0 Å². The Labute approximate surface area is 180 Å². The first-order chi connectivity index (χ1) is 14.0. The third kappa shape index (κ3) is 3.95. The molecule has 4 rings (SSSR count). The van der Waals surface area contributed by atoms with Gasteiger partial charge in [0.05, 0.1) is 23.7 Å². The Kier molecular flexibility index (Phi) is 5.72. The maximum atomic E-state index is 14.4. The number of rotatable bonds is 3. The van der Waals surface area contributed by atoms with Gasteiger partial charge >= 0.3 is 0 Å². The fraction of sp³-hybridized carbons (Fsp3) is 0.238. The van der Waals surface area contributed by atoms with Gasteiger partial charge in [0.2, 0.25) is 0 Å². The van der Waals surface area contributed by atoms with Crippen LogP contribution in [0.1, 0.15) is 27.8 Å². The zero-order valence-corrected chi connectivity index (χ0v) is 17.8. The van der Waals surface area contributed by atoms with Gasteiger partial charge in [-0.25, -0.2) is 4.39 Å². The van der Waals surface area contributed by atoms with E-state index < -0.39 is 5.82 Å². The average Bonchev–Trinajstić information content (AvgIpc) is 3.09. The summed E-state index contributed by atoms with van der Waals surface area (Å²) in [6, 6.07) is 12.1. The van der Waals surface area contributed by atoms with E-state index in [1.807, 2.05) is 24.3 Å². The van der Waals surface area contributed by atoms with E-state index >= 15 is 0 Å². The normalized spacial score (nSPS) is 16.8. The molecule has 0 radical (unpaired) electrons. The maximum Gasteiger partial charge on any atom is 0.259 e. The molecule has 0 saturated carbocycles. The van der Waals surface area contributed by atoms with Crippen LogP contribution in [0.2, 0.25) is 5.02 Å². The molecule has 150 valence electrons. The Morgan fingerprint density at radius 3 is 2.76 bits per heavy atom. The van der Waals surface area contributed by atoms with Crippen molar-refractivity contribution in [3.05, 3.63) is 74.7 Å². The number of amides is 1. The average molecular weight is 480 g/mol. The molecular weight excluding hydrogens is 463 g/mol. The van der Waals surface area contributed by atoms with Gasteiger partial charge in [-0.1, -0.05) is 50.9 Å². The van der Waals surface area contributed by atoms with Gasteiger partial charge in [0.25, 0.3) is 5.91 Å². The lowest BCUT2D eigenvalue weighted by molar-refractivity contribution is -0.0228. The molecule has 1 unspecified atom stereocenters. The first kappa shape index (κ1) is 20.1. The SMILES string of the molecule is Cc1onc(-c2c(F)cccc2Cl)c1C(=O)N1CCOC(c2ccc(Br)cc2)C1. The van der Waals surface area contributed by atoms with Crippen LogP contribution < -0.4 is 0 Å². The van der Waals surface area contributed by atoms with Crippen molar-refractivity contribution >= 4 is 33.4 Å². The fourth-order valence-electron chi connectivity index (χ4n) is 3.39. The molecule has 1 saturated heterocycles. The Bertz CT molecular complexity index is 1030. The number of halogens is 3. The van der Waals surface area contributed by atoms with Gasteiger partial charge in [-0.05, 0) is 36.8 Å². The maximum absolute atomic E-state index is 14.4. The standard InChI is InChI=1S/C21H17BrClFN2O3/c1-12-18(20(25-29-12)19-15(23)3-2-4-16(19)24)21(27)26-9-10-28-17(11-26)13-5-7-14(22)8-6-13/h2-8,17H,9-11H2,1H3. The van der Waals surface area contributed by atoms with Crippen molar-refractivity contribution in [2.75, 3.05) is 19.7 Å². The van der Waals surface area contributed by atoms with Crippen molar-refractivity contribution in [1.29, 1.82) is 0 Å². The van der Waals surface area contributed by atoms with Crippen molar-refractivity contribution < 1.29 is 18.4 Å². The van der Waals surface area contributed by atoms with Crippen molar-refractivity contribution in [3.63, 3.8) is 0 Å². The zero-order chi connectivity index (χ0) is 20.5. The third-order valence-corrected chi connectivity index (χ3v) is 5.72. The van der Waals surface area contributed by atoms with Crippen LogP contribution in [0, 0.1) is 12.7 Å². The van der Waals surface area contributed by atoms with Crippen LogP contribution in [0.15, 0.2) is 51.5 Å². The van der Waals surface area contributed by atoms with E-state index in [0.29, 0.717) is 25.5 Å². The van der Waals surface area contributed by atoms with Crippen LogP contribution in [0.5, 0.6) is 0 Å². The molecule has 1 aromatic heterocycles. The minimum absolute atomic E-state index is 0.0621. The van der Waals surface area contributed by atoms with Crippen LogP contribution in [0.3, 0.4) is 0 Å². The predicted octanol–water partition coefficient (Wildman–Crippen LogP) is 5.42. The fourth-order valence-corrected chi connectivity index (χ4v) is 3.91. The summed E-state index contributed by atoms with van der Waals surface area (Å²) in [5.41, 5.74) is 1.37. The van der Waals surface area contributed by atoms with Crippen molar-refractivity contribution in [2.45, 2.75) is 13.0 Å². The number of hydrogen-bond acceptors (Lipinski definition) is 4. The summed E-state index contributed by atoms with van der Waals surface area (Å²) < 4.78 is 26.5. The molecule has 1 atom stereocenters. The highest BCUT2D eigenvalue weighted by atomic mass is 79.9. The highest BCUT2D eigenvalue weighted by Gasteiger charge is 2.32. The Balaban J connectivity index is 1.65. The molecule has 0 spiro atoms. The monoisotopic (exact) mass is 478 g/mol. The molecule has 1 fully saturated rings. The van der Waals surface area contributed by atoms with Gasteiger partial charge in [-0.2, -0.15) is 0 Å². The highest BCUT2D eigenvalue weighted by Crippen LogP contribution is 2.35. The number of ether oxygens (including phenoxy) is 1. The van der Waals surface area contributed by atoms with Crippen molar-refractivity contribution in [3.8, 4) is 11.3 Å². The summed E-state index contributed by atoms with van der Waals surface area (Å²) in [6.45, 7) is 2.81. The van der Waals surface area contributed by atoms with E-state index in [-0.39, 0.29) is 33.9 Å². The number of carbonyl (C=O) groups is 1. The van der Waals surface area contributed by atoms with E-state index in [1.165, 1.54) is 12.1 Å². The number of morpholine rings is 1. The Morgan fingerprint density at radius 1 is 1.28 bits per heavy atom. The number of aromatic nitrogens is 1. The minimum atomic E-state index is -0.561. The van der Waals surface area contributed by atoms with Crippen LogP contribution in [-0.4, -0.2) is 35.7 Å². The summed E-state index contributed by atoms with van der Waals surface area (Å²) in [5, 5.41) is 4.10. The minimum Gasteiger partial charge on any atom is -0.370 e. The predicted molar refractivity (Wildman–Crippen MR) is 110 cm³/mol. The summed E-state index contributed by atoms with van der Waals surface area (Å²) in [5.74, 6) is -0.533. The largest absolute Gasteiger partial charge is 0.370 e. The number of nitrogens with zero attached hydrogens (tertiary/aromatic N) is 2. The summed E-state index contributed by atoms with van der Waals surface area (Å²) in [7, 11) is 0. The molecule has 0 N–H and O–H groups in total. The molecule has 2 aromatic carbocycles. The van der Waals surface area contributed by atoms with E-state index in [4.69, 9.17) is 20.9 Å². The first-order valence-electron chi connectivity index (χ1n) is 9.02. The lowest BCUT2D eigenvalue weighted by atomic mass is 10.0. The molecule has 1 aliphatic heterocycles. The topological polar surface area (TPSA) is 55.6 Å². The van der Waals surface area contributed by atoms with Gasteiger partial charge in [0, 0.05) is 11.0 Å². The molecule has 1 amide bonds. The smallest absolute Gasteiger partial charge is 0.259 e. The zero-order valence-electron chi connectivity index (χ0n) is 15.5. The van der Waals surface area contributed by atoms with Gasteiger partial charge in [0.15, 0.2) is 0 Å². The Morgan fingerprint density at radius 2 is 2.03 bits per heavy atom. The number of aryl methyl sites for hydroxylation is 1. The van der Waals surface area contributed by atoms with Gasteiger partial charge in [0.1, 0.15) is 28.9 Å². The third-order valence-electron chi connectivity index (χ3n) is 4.87. The van der Waals surface area contributed by atoms with E-state index in [2.05, 4.69) is 21.1 Å². The molecular formula is C21H17BrClFN2O3. The molecule has 0 bridgehead atoms. The van der Waals surface area contributed by atoms with Crippen LogP contribution in [0.4, 0.5) is 4.39 Å². The molecule has 1 aliphatic rings. The summed E-state index contributed by atoms with van der Waals surface area (Å²) in [4.78, 5) is 15.0. The van der Waals surface area contributed by atoms with Gasteiger partial charge in [-0.15, -0.1) is 0 Å². The highest BCUT2D eigenvalue weighted by molar-refractivity contribution is 9.10. The number of benzene rings is 2. The molecule has 0 aliphatic carbocycles. The number of hydrogen-bond donors (Lipinski definition) is 0. The van der Waals surface area contributed by atoms with Crippen molar-refractivity contribution in [1.82, 2.24) is 10.1 Å². The van der Waals surface area contributed by atoms with E-state index in [9.17, 15) is 9.18 Å². The first-order valence-corrected chi connectivity index (χ1v) is 10.2. The van der Waals surface area contributed by atoms with Crippen LogP contribution in [0.25, 0.3) is 11.3 Å². The number of carbonyl (C=O) groups excluding carboxylic acids is 1. The summed E-state index contributed by atoms with van der Waals surface area (Å²) >= 11 is 9.60. The Hall–Kier alpha value is -2.22. The van der Waals surface area contributed by atoms with Gasteiger partial charge in [-0.3, -0.25) is 4.79 Å². The van der Waals surface area contributed by atoms with Crippen LogP contribution >= 0.6 is 27.5 Å². The molecule has 5 nitrogen and oxygen atoms in total. The lowest BCUT2D eigenvalue weighted by Crippen LogP contribution is -2.42. The second-order valence-corrected chi connectivity index (χ2v) is 8.04. The van der Waals surface area contributed by atoms with Crippen LogP contribution in [-0.2, 0) is 4.74 Å². The van der Waals surface area contributed by atoms with Crippen molar-refractivity contribution in [2.24, 2.45) is 0 Å². The molecule has 2 heterocycles. The van der Waals surface area contributed by atoms with E-state index in [1.54, 1.807) is 17.9 Å². The quantitative estimate of drug-likeness (QED) is 0.503. The second-order valence-electron chi connectivity index (χ2n) is 6.72. The molecule has 29 heavy (non-hydrogen) atoms. The second kappa shape index (κ2) is 8.26. The lowest BCUT2D eigenvalue weighted by Gasteiger charge is -2.33. The summed E-state index contributed by atoms with van der Waals surface area (Å²) in [6.07, 6.45) is -0.249.